The molecule has 0 radical (unpaired) electrons. The molecule has 7 heteroatoms. The van der Waals surface area contributed by atoms with Crippen molar-refractivity contribution in [3.8, 4) is 11.4 Å². The number of hydrogen-bond acceptors (Lipinski definition) is 5. The van der Waals surface area contributed by atoms with Crippen LogP contribution in [0.1, 0.15) is 45.1 Å². The summed E-state index contributed by atoms with van der Waals surface area (Å²) in [5.74, 6) is 1.17. The molecule has 1 atom stereocenters. The number of nitrogens with one attached hydrogen (secondary N) is 1. The quantitative estimate of drug-likeness (QED) is 0.494. The van der Waals surface area contributed by atoms with E-state index >= 15 is 0 Å². The van der Waals surface area contributed by atoms with E-state index in [9.17, 15) is 4.79 Å². The number of halogens is 1. The fraction of sp³-hybridized carbons (Fsp3) is 0.400. The predicted octanol–water partition coefficient (Wildman–Crippen LogP) is 5.65. The Kier molecular flexibility index (Phi) is 6.76. The molecule has 1 amide bonds. The van der Waals surface area contributed by atoms with Crippen LogP contribution < -0.4 is 5.32 Å². The molecule has 1 aliphatic rings. The van der Waals surface area contributed by atoms with Gasteiger partial charge in [0.1, 0.15) is 0 Å². The van der Waals surface area contributed by atoms with Crippen molar-refractivity contribution in [3.63, 3.8) is 0 Å². The lowest BCUT2D eigenvalue weighted by atomic mass is 9.87. The third kappa shape index (κ3) is 5.64. The van der Waals surface area contributed by atoms with Gasteiger partial charge >= 0.3 is 0 Å². The van der Waals surface area contributed by atoms with E-state index in [2.05, 4.69) is 69.2 Å². The van der Waals surface area contributed by atoms with Gasteiger partial charge in [-0.2, -0.15) is 4.98 Å². The van der Waals surface area contributed by atoms with E-state index in [1.807, 2.05) is 36.4 Å². The maximum atomic E-state index is 12.8. The molecule has 3 aromatic rings. The molecule has 1 unspecified atom stereocenters. The summed E-state index contributed by atoms with van der Waals surface area (Å²) in [4.78, 5) is 19.6. The predicted molar refractivity (Wildman–Crippen MR) is 129 cm³/mol. The second kappa shape index (κ2) is 9.55. The number of piperidine rings is 1. The molecule has 4 rings (SSSR count). The van der Waals surface area contributed by atoms with Crippen LogP contribution in [-0.4, -0.2) is 34.0 Å². The van der Waals surface area contributed by atoms with Gasteiger partial charge in [-0.05, 0) is 48.6 Å². The second-order valence-corrected chi connectivity index (χ2v) is 10.3. The van der Waals surface area contributed by atoms with Crippen LogP contribution in [0.4, 0.5) is 5.69 Å². The number of aromatic nitrogens is 2. The topological polar surface area (TPSA) is 71.3 Å². The fourth-order valence-electron chi connectivity index (χ4n) is 3.97. The van der Waals surface area contributed by atoms with Crippen molar-refractivity contribution >= 4 is 27.5 Å². The first kappa shape index (κ1) is 22.7. The maximum absolute atomic E-state index is 12.8. The van der Waals surface area contributed by atoms with Crippen LogP contribution in [0, 0.1) is 5.92 Å². The van der Waals surface area contributed by atoms with E-state index < -0.39 is 0 Å². The van der Waals surface area contributed by atoms with Gasteiger partial charge in [0.2, 0.25) is 17.6 Å². The van der Waals surface area contributed by atoms with Crippen LogP contribution in [0.15, 0.2) is 57.5 Å². The first-order valence-corrected chi connectivity index (χ1v) is 11.8. The van der Waals surface area contributed by atoms with Crippen molar-refractivity contribution in [2.24, 2.45) is 5.92 Å². The summed E-state index contributed by atoms with van der Waals surface area (Å²) in [6.45, 7) is 8.72. The Labute approximate surface area is 197 Å². The number of carbonyl (C=O) groups is 1. The summed E-state index contributed by atoms with van der Waals surface area (Å²) >= 11 is 3.44. The summed E-state index contributed by atoms with van der Waals surface area (Å²) in [6, 6.07) is 16.0. The molecule has 32 heavy (non-hydrogen) atoms. The number of amides is 1. The fourth-order valence-corrected chi connectivity index (χ4v) is 4.37. The zero-order valence-electron chi connectivity index (χ0n) is 18.8. The van der Waals surface area contributed by atoms with Crippen molar-refractivity contribution in [2.45, 2.75) is 45.6 Å². The minimum atomic E-state index is -0.0601. The molecule has 2 aromatic carbocycles. The number of hydrogen-bond donors (Lipinski definition) is 1. The van der Waals surface area contributed by atoms with E-state index in [-0.39, 0.29) is 17.2 Å². The summed E-state index contributed by atoms with van der Waals surface area (Å²) in [7, 11) is 0. The van der Waals surface area contributed by atoms with Gasteiger partial charge in [-0.3, -0.25) is 9.69 Å². The van der Waals surface area contributed by atoms with Crippen LogP contribution in [0.25, 0.3) is 11.4 Å². The molecule has 1 aliphatic heterocycles. The molecule has 1 fully saturated rings. The zero-order valence-corrected chi connectivity index (χ0v) is 20.4. The van der Waals surface area contributed by atoms with Crippen LogP contribution >= 0.6 is 15.9 Å². The normalized spacial score (nSPS) is 17.3. The van der Waals surface area contributed by atoms with E-state index in [1.165, 1.54) is 5.56 Å². The summed E-state index contributed by atoms with van der Waals surface area (Å²) < 4.78 is 6.46. The zero-order chi connectivity index (χ0) is 22.7. The monoisotopic (exact) mass is 496 g/mol. The van der Waals surface area contributed by atoms with Crippen LogP contribution in [0.2, 0.25) is 0 Å². The van der Waals surface area contributed by atoms with Gasteiger partial charge in [0, 0.05) is 22.3 Å². The average Bonchev–Trinajstić information content (AvgIpc) is 3.22. The number of anilines is 1. The summed E-state index contributed by atoms with van der Waals surface area (Å²) in [5.41, 5.74) is 3.12. The largest absolute Gasteiger partial charge is 0.338 e. The van der Waals surface area contributed by atoms with Gasteiger partial charge in [-0.25, -0.2) is 0 Å². The molecule has 1 N–H and O–H groups in total. The summed E-state index contributed by atoms with van der Waals surface area (Å²) in [6.07, 6.45) is 1.84. The molecule has 168 valence electrons. The standard InChI is InChI=1S/C25H29BrN4O2/c1-25(2,3)19-11-9-17(10-12-19)23-28-22(32-29-23)16-30-13-5-6-18(15-30)24(31)27-21-8-4-7-20(26)14-21/h4,7-12,14,18H,5-6,13,15-16H2,1-3H3,(H,27,31). The molecule has 0 bridgehead atoms. The van der Waals surface area contributed by atoms with Gasteiger partial charge in [0.25, 0.3) is 0 Å². The maximum Gasteiger partial charge on any atom is 0.241 e. The number of nitrogens with zero attached hydrogens (tertiary/aromatic N) is 3. The number of carbonyl (C=O) groups excluding carboxylic acids is 1. The Hall–Kier alpha value is -2.51. The highest BCUT2D eigenvalue weighted by Gasteiger charge is 2.27. The highest BCUT2D eigenvalue weighted by Crippen LogP contribution is 2.26. The number of likely N-dealkylation sites (tertiary alicyclic amines) is 1. The van der Waals surface area contributed by atoms with Crippen molar-refractivity contribution in [3.05, 3.63) is 64.5 Å². The minimum Gasteiger partial charge on any atom is -0.338 e. The second-order valence-electron chi connectivity index (χ2n) is 9.41. The van der Waals surface area contributed by atoms with Crippen molar-refractivity contribution in [2.75, 3.05) is 18.4 Å². The van der Waals surface area contributed by atoms with E-state index in [1.54, 1.807) is 0 Å². The third-order valence-electron chi connectivity index (χ3n) is 5.80. The highest BCUT2D eigenvalue weighted by atomic mass is 79.9. The molecular weight excluding hydrogens is 468 g/mol. The molecule has 0 aliphatic carbocycles. The number of benzene rings is 2. The van der Waals surface area contributed by atoms with Crippen molar-refractivity contribution in [1.82, 2.24) is 15.0 Å². The van der Waals surface area contributed by atoms with Crippen molar-refractivity contribution < 1.29 is 9.32 Å². The van der Waals surface area contributed by atoms with Crippen LogP contribution in [-0.2, 0) is 16.8 Å². The van der Waals surface area contributed by atoms with E-state index in [0.717, 1.165) is 35.1 Å². The number of rotatable bonds is 5. The van der Waals surface area contributed by atoms with Gasteiger partial charge < -0.3 is 9.84 Å². The molecule has 1 aromatic heterocycles. The molecule has 0 saturated carbocycles. The molecule has 0 spiro atoms. The first-order chi connectivity index (χ1) is 15.3. The Morgan fingerprint density at radius 1 is 1.22 bits per heavy atom. The van der Waals surface area contributed by atoms with Crippen LogP contribution in [0.5, 0.6) is 0 Å². The van der Waals surface area contributed by atoms with Gasteiger partial charge in [-0.1, -0.05) is 72.2 Å². The summed E-state index contributed by atoms with van der Waals surface area (Å²) in [5, 5.41) is 7.20. The molecule has 1 saturated heterocycles. The van der Waals surface area contributed by atoms with Crippen LogP contribution in [0.3, 0.4) is 0 Å². The smallest absolute Gasteiger partial charge is 0.241 e. The van der Waals surface area contributed by atoms with E-state index in [4.69, 9.17) is 4.52 Å². The minimum absolute atomic E-state index is 0.0537. The lowest BCUT2D eigenvalue weighted by molar-refractivity contribution is -0.121. The Morgan fingerprint density at radius 2 is 2.00 bits per heavy atom. The Balaban J connectivity index is 1.36. The van der Waals surface area contributed by atoms with Gasteiger partial charge in [0.15, 0.2) is 0 Å². The average molecular weight is 497 g/mol. The van der Waals surface area contributed by atoms with Gasteiger partial charge in [-0.15, -0.1) is 0 Å². The molecule has 6 nitrogen and oxygen atoms in total. The van der Waals surface area contributed by atoms with Gasteiger partial charge in [0.05, 0.1) is 12.5 Å². The lowest BCUT2D eigenvalue weighted by Crippen LogP contribution is -2.40. The SMILES string of the molecule is CC(C)(C)c1ccc(-c2noc(CN3CCCC(C(=O)Nc4cccc(Br)c4)C3)n2)cc1. The van der Waals surface area contributed by atoms with Crippen molar-refractivity contribution in [1.29, 1.82) is 0 Å². The first-order valence-electron chi connectivity index (χ1n) is 11.0. The van der Waals surface area contributed by atoms with E-state index in [0.29, 0.717) is 24.8 Å². The highest BCUT2D eigenvalue weighted by molar-refractivity contribution is 9.10. The molecular formula is C25H29BrN4O2. The lowest BCUT2D eigenvalue weighted by Gasteiger charge is -2.30. The Morgan fingerprint density at radius 3 is 2.72 bits per heavy atom. The Bertz CT molecular complexity index is 1070. The third-order valence-corrected chi connectivity index (χ3v) is 6.30. The molecule has 2 heterocycles.